The van der Waals surface area contributed by atoms with E-state index >= 15 is 0 Å². The Balaban J connectivity index is 2.23. The minimum Gasteiger partial charge on any atom is -0.507 e. The van der Waals surface area contributed by atoms with E-state index in [4.69, 9.17) is 9.98 Å². The molecule has 2 rings (SSSR count). The predicted molar refractivity (Wildman–Crippen MR) is 155 cm³/mol. The van der Waals surface area contributed by atoms with Gasteiger partial charge in [-0.1, -0.05) is 92.3 Å². The lowest BCUT2D eigenvalue weighted by Gasteiger charge is -2.31. The Hall–Kier alpha value is -1.34. The Kier molecular flexibility index (Phi) is 10.7. The fourth-order valence-corrected chi connectivity index (χ4v) is 5.59. The number of hydrogen-bond donors (Lipinski definition) is 2. The van der Waals surface area contributed by atoms with Gasteiger partial charge in [0.25, 0.3) is 0 Å². The second kappa shape index (κ2) is 12.6. The third kappa shape index (κ3) is 8.11. The summed E-state index contributed by atoms with van der Waals surface area (Å²) in [7, 11) is 2.07. The number of phenols is 1. The molecule has 1 aromatic carbocycles. The van der Waals surface area contributed by atoms with Crippen molar-refractivity contribution in [2.45, 2.75) is 103 Å². The second-order valence-electron chi connectivity index (χ2n) is 11.2. The van der Waals surface area contributed by atoms with Gasteiger partial charge < -0.3 is 15.3 Å². The average Bonchev–Trinajstić information content (AvgIpc) is 2.74. The molecule has 0 spiro atoms. The molecule has 2 N–H and O–H groups in total. The van der Waals surface area contributed by atoms with Crippen molar-refractivity contribution >= 4 is 40.3 Å². The Morgan fingerprint density at radius 1 is 0.971 bits per heavy atom. The van der Waals surface area contributed by atoms with Gasteiger partial charge in [-0.15, -0.1) is 11.8 Å². The normalized spacial score (nSPS) is 17.0. The second-order valence-corrected chi connectivity index (χ2v) is 13.1. The summed E-state index contributed by atoms with van der Waals surface area (Å²) in [6.45, 7) is 15.0. The highest BCUT2D eigenvalue weighted by Crippen LogP contribution is 2.41. The lowest BCUT2D eigenvalue weighted by atomic mass is 9.79. The molecule has 1 heterocycles. The van der Waals surface area contributed by atoms with Gasteiger partial charge in [-0.25, -0.2) is 4.99 Å². The topological polar surface area (TPSA) is 60.2 Å². The molecular weight excluding hydrogens is 460 g/mol. The van der Waals surface area contributed by atoms with Gasteiger partial charge in [0, 0.05) is 29.6 Å². The van der Waals surface area contributed by atoms with Crippen LogP contribution in [-0.4, -0.2) is 45.7 Å². The van der Waals surface area contributed by atoms with Gasteiger partial charge in [0.15, 0.2) is 10.7 Å². The number of rotatable bonds is 9. The molecule has 1 unspecified atom stereocenters. The first-order valence-corrected chi connectivity index (χ1v) is 14.9. The highest BCUT2D eigenvalue weighted by atomic mass is 32.2. The third-order valence-electron chi connectivity index (χ3n) is 5.99. The molecule has 0 aliphatic carbocycles. The number of aromatic hydroxyl groups is 1. The molecule has 0 fully saturated rings. The zero-order chi connectivity index (χ0) is 25.5. The molecule has 192 valence electrons. The summed E-state index contributed by atoms with van der Waals surface area (Å²) in [6.07, 6.45) is 9.88. The molecule has 1 aliphatic rings. The van der Waals surface area contributed by atoms with E-state index in [1.54, 1.807) is 11.8 Å². The molecule has 0 saturated carbocycles. The maximum atomic E-state index is 11.0. The van der Waals surface area contributed by atoms with E-state index in [0.717, 1.165) is 27.7 Å². The number of thioether (sulfide) groups is 2. The zero-order valence-corrected chi connectivity index (χ0v) is 24.4. The van der Waals surface area contributed by atoms with Crippen LogP contribution < -0.4 is 5.32 Å². The van der Waals surface area contributed by atoms with Crippen LogP contribution in [0.3, 0.4) is 0 Å². The van der Waals surface area contributed by atoms with Crippen molar-refractivity contribution in [2.75, 3.05) is 24.4 Å². The number of unbranched alkanes of at least 4 members (excludes halogenated alkanes) is 5. The minimum atomic E-state index is -0.181. The van der Waals surface area contributed by atoms with E-state index in [0.29, 0.717) is 11.7 Å². The molecule has 7 heteroatoms. The molecule has 0 aromatic heterocycles. The first kappa shape index (κ1) is 28.9. The molecule has 0 radical (unpaired) electrons. The van der Waals surface area contributed by atoms with Crippen LogP contribution in [0.15, 0.2) is 22.1 Å². The van der Waals surface area contributed by atoms with Gasteiger partial charge >= 0.3 is 0 Å². The average molecular weight is 507 g/mol. The fourth-order valence-electron chi connectivity index (χ4n) is 3.91. The SMILES string of the molecule is CCCCCCCCSC1=NC(Nc2cc(C(C)(C)C)c(O)c(C(C)(C)C)c2)=NC(SC)N1C. The fraction of sp³-hybridized carbons (Fsp3) is 0.704. The quantitative estimate of drug-likeness (QED) is 0.264. The summed E-state index contributed by atoms with van der Waals surface area (Å²) < 4.78 is 0. The third-order valence-corrected chi connectivity index (χ3v) is 7.96. The van der Waals surface area contributed by atoms with Crippen LogP contribution in [-0.2, 0) is 10.8 Å². The lowest BCUT2D eigenvalue weighted by molar-refractivity contribution is 0.423. The molecule has 0 saturated heterocycles. The van der Waals surface area contributed by atoms with Crippen LogP contribution >= 0.6 is 23.5 Å². The molecular formula is C27H46N4OS2. The number of hydrogen-bond acceptors (Lipinski definition) is 7. The molecule has 1 aliphatic heterocycles. The van der Waals surface area contributed by atoms with Crippen molar-refractivity contribution in [3.63, 3.8) is 0 Å². The number of nitrogens with zero attached hydrogens (tertiary/aromatic N) is 3. The monoisotopic (exact) mass is 506 g/mol. The Morgan fingerprint density at radius 3 is 2.06 bits per heavy atom. The first-order chi connectivity index (χ1) is 15.9. The van der Waals surface area contributed by atoms with E-state index in [9.17, 15) is 5.11 Å². The van der Waals surface area contributed by atoms with Gasteiger partial charge in [0.05, 0.1) is 0 Å². The Bertz CT molecular complexity index is 833. The van der Waals surface area contributed by atoms with Crippen LogP contribution in [0.1, 0.15) is 98.1 Å². The summed E-state index contributed by atoms with van der Waals surface area (Å²) in [5.41, 5.74) is 2.41. The summed E-state index contributed by atoms with van der Waals surface area (Å²) in [6, 6.07) is 4.08. The first-order valence-electron chi connectivity index (χ1n) is 12.6. The molecule has 0 bridgehead atoms. The van der Waals surface area contributed by atoms with Crippen molar-refractivity contribution in [3.8, 4) is 5.75 Å². The minimum absolute atomic E-state index is 0.00616. The smallest absolute Gasteiger partial charge is 0.227 e. The van der Waals surface area contributed by atoms with Gasteiger partial charge in [0.2, 0.25) is 5.96 Å². The van der Waals surface area contributed by atoms with Crippen LogP contribution in [0.4, 0.5) is 5.69 Å². The van der Waals surface area contributed by atoms with Crippen LogP contribution in [0, 0.1) is 0 Å². The van der Waals surface area contributed by atoms with Gasteiger partial charge in [-0.2, -0.15) is 4.99 Å². The number of benzene rings is 1. The van der Waals surface area contributed by atoms with E-state index in [1.807, 2.05) is 23.9 Å². The van der Waals surface area contributed by atoms with Gasteiger partial charge in [-0.05, 0) is 35.6 Å². The predicted octanol–water partition coefficient (Wildman–Crippen LogP) is 7.80. The van der Waals surface area contributed by atoms with Crippen molar-refractivity contribution < 1.29 is 5.11 Å². The number of amidine groups is 1. The van der Waals surface area contributed by atoms with E-state index in [2.05, 4.69) is 72.0 Å². The van der Waals surface area contributed by atoms with Crippen molar-refractivity contribution in [1.82, 2.24) is 4.90 Å². The number of nitrogens with one attached hydrogen (secondary N) is 1. The Morgan fingerprint density at radius 2 is 1.53 bits per heavy atom. The molecule has 5 nitrogen and oxygen atoms in total. The molecule has 34 heavy (non-hydrogen) atoms. The van der Waals surface area contributed by atoms with Crippen molar-refractivity contribution in [2.24, 2.45) is 9.98 Å². The van der Waals surface area contributed by atoms with E-state index in [1.165, 1.54) is 38.5 Å². The molecule has 1 atom stereocenters. The Labute approximate surface area is 216 Å². The van der Waals surface area contributed by atoms with E-state index in [-0.39, 0.29) is 16.3 Å². The summed E-state index contributed by atoms with van der Waals surface area (Å²) in [5.74, 6) is 2.09. The number of anilines is 1. The standard InChI is InChI=1S/C27H46N4OS2/c1-10-11-12-13-14-15-16-34-25-30-23(29-24(33-9)31(25)8)28-19-17-20(26(2,3)4)22(32)21(18-19)27(5,6)7/h17-18,24,32H,10-16H2,1-9H3,(H,28,29). The van der Waals surface area contributed by atoms with Crippen LogP contribution in [0.5, 0.6) is 5.75 Å². The summed E-state index contributed by atoms with van der Waals surface area (Å²) in [5, 5.41) is 15.5. The summed E-state index contributed by atoms with van der Waals surface area (Å²) in [4.78, 5) is 11.9. The zero-order valence-electron chi connectivity index (χ0n) is 22.8. The molecule has 1 aromatic rings. The van der Waals surface area contributed by atoms with E-state index < -0.39 is 0 Å². The van der Waals surface area contributed by atoms with Crippen LogP contribution in [0.25, 0.3) is 0 Å². The lowest BCUT2D eigenvalue weighted by Crippen LogP contribution is -2.38. The largest absolute Gasteiger partial charge is 0.507 e. The maximum absolute atomic E-state index is 11.0. The number of aliphatic imine (C=N–C) groups is 2. The molecule has 0 amide bonds. The number of phenolic OH excluding ortho intramolecular Hbond substituents is 1. The van der Waals surface area contributed by atoms with Crippen molar-refractivity contribution in [3.05, 3.63) is 23.3 Å². The van der Waals surface area contributed by atoms with Gasteiger partial charge in [-0.3, -0.25) is 0 Å². The van der Waals surface area contributed by atoms with Crippen molar-refractivity contribution in [1.29, 1.82) is 0 Å². The number of guanidine groups is 1. The van der Waals surface area contributed by atoms with Gasteiger partial charge in [0.1, 0.15) is 5.75 Å². The highest BCUT2D eigenvalue weighted by Gasteiger charge is 2.28. The van der Waals surface area contributed by atoms with Crippen LogP contribution in [0.2, 0.25) is 0 Å². The highest BCUT2D eigenvalue weighted by molar-refractivity contribution is 8.13. The summed E-state index contributed by atoms with van der Waals surface area (Å²) >= 11 is 3.53. The maximum Gasteiger partial charge on any atom is 0.227 e.